The Labute approximate surface area is 116 Å². The summed E-state index contributed by atoms with van der Waals surface area (Å²) in [7, 11) is 0. The number of fused-ring (bicyclic) bond motifs is 1. The molecule has 0 radical (unpaired) electrons. The molecular formula is C15H17NO4. The summed E-state index contributed by atoms with van der Waals surface area (Å²) in [5.41, 5.74) is 1.40. The number of hydrogen-bond donors (Lipinski definition) is 2. The second-order valence-corrected chi connectivity index (χ2v) is 4.94. The maximum atomic E-state index is 12.2. The number of para-hydroxylation sites is 1. The van der Waals surface area contributed by atoms with Crippen LogP contribution in [0.25, 0.3) is 11.0 Å². The zero-order chi connectivity index (χ0) is 14.9. The number of aryl methyl sites for hydroxylation is 1. The zero-order valence-corrected chi connectivity index (χ0v) is 11.6. The molecule has 0 saturated heterocycles. The summed E-state index contributed by atoms with van der Waals surface area (Å²) in [5.74, 6) is -1.77. The maximum Gasteiger partial charge on any atom is 0.308 e. The van der Waals surface area contributed by atoms with Crippen LogP contribution in [0.4, 0.5) is 0 Å². The lowest BCUT2D eigenvalue weighted by Gasteiger charge is -2.17. The highest BCUT2D eigenvalue weighted by Crippen LogP contribution is 2.24. The molecule has 20 heavy (non-hydrogen) atoms. The molecule has 0 bridgehead atoms. The van der Waals surface area contributed by atoms with Crippen molar-refractivity contribution in [1.82, 2.24) is 5.32 Å². The summed E-state index contributed by atoms with van der Waals surface area (Å²) in [5, 5.41) is 12.5. The topological polar surface area (TPSA) is 79.5 Å². The van der Waals surface area contributed by atoms with E-state index >= 15 is 0 Å². The van der Waals surface area contributed by atoms with Crippen molar-refractivity contribution in [3.05, 3.63) is 35.6 Å². The lowest BCUT2D eigenvalue weighted by Crippen LogP contribution is -2.40. The number of carbonyl (C=O) groups excluding carboxylic acids is 1. The lowest BCUT2D eigenvalue weighted by molar-refractivity contribution is -0.141. The minimum Gasteiger partial charge on any atom is -0.481 e. The molecule has 106 valence electrons. The van der Waals surface area contributed by atoms with Gasteiger partial charge in [-0.3, -0.25) is 9.59 Å². The molecule has 0 aliphatic heterocycles. The number of carbonyl (C=O) groups is 2. The molecule has 5 nitrogen and oxygen atoms in total. The predicted molar refractivity (Wildman–Crippen MR) is 74.7 cm³/mol. The van der Waals surface area contributed by atoms with Crippen molar-refractivity contribution < 1.29 is 19.1 Å². The Balaban J connectivity index is 2.24. The van der Waals surface area contributed by atoms with Crippen molar-refractivity contribution in [1.29, 1.82) is 0 Å². The Morgan fingerprint density at radius 3 is 2.50 bits per heavy atom. The van der Waals surface area contributed by atoms with E-state index in [1.54, 1.807) is 19.9 Å². The van der Waals surface area contributed by atoms with E-state index in [0.29, 0.717) is 5.58 Å². The average Bonchev–Trinajstić information content (AvgIpc) is 2.75. The quantitative estimate of drug-likeness (QED) is 0.898. The van der Waals surface area contributed by atoms with Crippen LogP contribution >= 0.6 is 0 Å². The second kappa shape index (κ2) is 5.36. The first-order valence-corrected chi connectivity index (χ1v) is 6.43. The van der Waals surface area contributed by atoms with Gasteiger partial charge in [-0.05, 0) is 26.8 Å². The van der Waals surface area contributed by atoms with Crippen molar-refractivity contribution in [3.63, 3.8) is 0 Å². The van der Waals surface area contributed by atoms with Gasteiger partial charge in [0.1, 0.15) is 5.58 Å². The predicted octanol–water partition coefficient (Wildman–Crippen LogP) is 2.58. The van der Waals surface area contributed by atoms with Crippen LogP contribution in [0.15, 0.2) is 28.7 Å². The Hall–Kier alpha value is -2.30. The normalized spacial score (nSPS) is 13.9. The van der Waals surface area contributed by atoms with Gasteiger partial charge in [0, 0.05) is 17.0 Å². The Morgan fingerprint density at radius 1 is 1.25 bits per heavy atom. The van der Waals surface area contributed by atoms with Gasteiger partial charge in [-0.25, -0.2) is 0 Å². The van der Waals surface area contributed by atoms with Gasteiger partial charge in [0.05, 0.1) is 5.92 Å². The fourth-order valence-corrected chi connectivity index (χ4v) is 2.00. The van der Waals surface area contributed by atoms with Gasteiger partial charge in [0.15, 0.2) is 5.76 Å². The van der Waals surface area contributed by atoms with E-state index in [2.05, 4.69) is 5.32 Å². The van der Waals surface area contributed by atoms with Crippen molar-refractivity contribution in [2.75, 3.05) is 0 Å². The van der Waals surface area contributed by atoms with Gasteiger partial charge in [0.2, 0.25) is 0 Å². The van der Waals surface area contributed by atoms with Crippen LogP contribution in [-0.2, 0) is 4.79 Å². The van der Waals surface area contributed by atoms with Gasteiger partial charge >= 0.3 is 5.97 Å². The van der Waals surface area contributed by atoms with Crippen molar-refractivity contribution in [2.24, 2.45) is 5.92 Å². The van der Waals surface area contributed by atoms with Gasteiger partial charge in [-0.2, -0.15) is 0 Å². The fraction of sp³-hybridized carbons (Fsp3) is 0.333. The minimum absolute atomic E-state index is 0.232. The van der Waals surface area contributed by atoms with E-state index in [-0.39, 0.29) is 11.7 Å². The van der Waals surface area contributed by atoms with Crippen LogP contribution < -0.4 is 5.32 Å². The largest absolute Gasteiger partial charge is 0.481 e. The van der Waals surface area contributed by atoms with Crippen LogP contribution in [0.5, 0.6) is 0 Å². The molecule has 2 rings (SSSR count). The van der Waals surface area contributed by atoms with Crippen LogP contribution in [0, 0.1) is 12.8 Å². The fourth-order valence-electron chi connectivity index (χ4n) is 2.00. The first kappa shape index (κ1) is 14.1. The van der Waals surface area contributed by atoms with E-state index in [9.17, 15) is 9.59 Å². The molecule has 5 heteroatoms. The Kier molecular flexibility index (Phi) is 3.79. The maximum absolute atomic E-state index is 12.2. The van der Waals surface area contributed by atoms with Gasteiger partial charge in [0.25, 0.3) is 5.91 Å². The third-order valence-corrected chi connectivity index (χ3v) is 3.55. The van der Waals surface area contributed by atoms with Crippen LogP contribution in [-0.4, -0.2) is 23.0 Å². The molecule has 1 aromatic carbocycles. The number of hydrogen-bond acceptors (Lipinski definition) is 3. The van der Waals surface area contributed by atoms with Crippen molar-refractivity contribution in [3.8, 4) is 0 Å². The van der Waals surface area contributed by atoms with Crippen molar-refractivity contribution in [2.45, 2.75) is 26.8 Å². The molecule has 2 aromatic rings. The van der Waals surface area contributed by atoms with Gasteiger partial charge in [-0.15, -0.1) is 0 Å². The smallest absolute Gasteiger partial charge is 0.308 e. The molecule has 0 saturated carbocycles. The van der Waals surface area contributed by atoms with Gasteiger partial charge < -0.3 is 14.8 Å². The molecule has 1 aromatic heterocycles. The highest BCUT2D eigenvalue weighted by Gasteiger charge is 2.24. The molecule has 2 unspecified atom stereocenters. The number of carboxylic acid groups (broad SMARTS) is 1. The molecule has 2 atom stereocenters. The van der Waals surface area contributed by atoms with Gasteiger partial charge in [-0.1, -0.05) is 18.2 Å². The molecule has 0 aliphatic carbocycles. The van der Waals surface area contributed by atoms with Crippen molar-refractivity contribution >= 4 is 22.8 Å². The summed E-state index contributed by atoms with van der Waals surface area (Å²) in [4.78, 5) is 23.1. The van der Waals surface area contributed by atoms with Crippen LogP contribution in [0.3, 0.4) is 0 Å². The number of rotatable bonds is 4. The number of amides is 1. The first-order chi connectivity index (χ1) is 9.41. The highest BCUT2D eigenvalue weighted by atomic mass is 16.4. The summed E-state index contributed by atoms with van der Waals surface area (Å²) in [6.45, 7) is 5.03. The number of furan rings is 1. The monoisotopic (exact) mass is 275 g/mol. The Morgan fingerprint density at radius 2 is 1.90 bits per heavy atom. The molecule has 1 heterocycles. The lowest BCUT2D eigenvalue weighted by atomic mass is 10.0. The molecule has 0 spiro atoms. The summed E-state index contributed by atoms with van der Waals surface area (Å²) in [6.07, 6.45) is 0. The molecule has 0 aliphatic rings. The number of carboxylic acids is 1. The molecule has 1 amide bonds. The SMILES string of the molecule is Cc1c(C(=O)NC(C)C(C)C(=O)O)oc2ccccc12. The van der Waals surface area contributed by atoms with E-state index in [0.717, 1.165) is 10.9 Å². The molecular weight excluding hydrogens is 258 g/mol. The number of nitrogens with one attached hydrogen (secondary N) is 1. The van der Waals surface area contributed by atoms with E-state index in [1.807, 2.05) is 25.1 Å². The second-order valence-electron chi connectivity index (χ2n) is 4.94. The third kappa shape index (κ3) is 2.52. The van der Waals surface area contributed by atoms with Crippen LogP contribution in [0.1, 0.15) is 30.0 Å². The standard InChI is InChI=1S/C15H17NO4/c1-8(15(18)19)10(3)16-14(17)13-9(2)11-6-4-5-7-12(11)20-13/h4-8,10H,1-3H3,(H,16,17)(H,18,19). The number of aliphatic carboxylic acids is 1. The molecule has 2 N–H and O–H groups in total. The summed E-state index contributed by atoms with van der Waals surface area (Å²) < 4.78 is 5.54. The first-order valence-electron chi connectivity index (χ1n) is 6.43. The highest BCUT2D eigenvalue weighted by molar-refractivity contribution is 5.99. The van der Waals surface area contributed by atoms with E-state index in [1.165, 1.54) is 0 Å². The average molecular weight is 275 g/mol. The van der Waals surface area contributed by atoms with Crippen LogP contribution in [0.2, 0.25) is 0 Å². The summed E-state index contributed by atoms with van der Waals surface area (Å²) in [6, 6.07) is 6.91. The third-order valence-electron chi connectivity index (χ3n) is 3.55. The summed E-state index contributed by atoms with van der Waals surface area (Å²) >= 11 is 0. The van der Waals surface area contributed by atoms with E-state index in [4.69, 9.17) is 9.52 Å². The number of benzene rings is 1. The zero-order valence-electron chi connectivity index (χ0n) is 11.6. The van der Waals surface area contributed by atoms with E-state index < -0.39 is 17.9 Å². The Bertz CT molecular complexity index is 659. The molecule has 0 fully saturated rings. The minimum atomic E-state index is -0.945.